The van der Waals surface area contributed by atoms with E-state index in [-0.39, 0.29) is 34.7 Å². The van der Waals surface area contributed by atoms with Crippen LogP contribution in [0.1, 0.15) is 17.3 Å². The average molecular weight is 341 g/mol. The van der Waals surface area contributed by atoms with Crippen molar-refractivity contribution in [3.8, 4) is 11.3 Å². The lowest BCUT2D eigenvalue weighted by atomic mass is 10.1. The lowest BCUT2D eigenvalue weighted by Gasteiger charge is -2.21. The standard InChI is InChI=1S/C15H17F2N3O2S/c1-8(12(7-21)23-2)19-15(22)9-6-18-20-14(9)13-10(16)4-3-5-11(13)17/h3-6,8,12,21H,7H2,1-2H3,(H,18,20)(H,19,22). The van der Waals surface area contributed by atoms with Gasteiger partial charge < -0.3 is 10.4 Å². The van der Waals surface area contributed by atoms with Gasteiger partial charge in [0.1, 0.15) is 11.6 Å². The molecule has 0 fully saturated rings. The summed E-state index contributed by atoms with van der Waals surface area (Å²) in [6.07, 6.45) is 3.04. The first kappa shape index (κ1) is 17.4. The first-order chi connectivity index (χ1) is 11.0. The highest BCUT2D eigenvalue weighted by molar-refractivity contribution is 7.99. The van der Waals surface area contributed by atoms with Gasteiger partial charge in [0.05, 0.1) is 29.6 Å². The van der Waals surface area contributed by atoms with E-state index in [4.69, 9.17) is 0 Å². The predicted octanol–water partition coefficient (Wildman–Crippen LogP) is 2.20. The molecule has 0 spiro atoms. The maximum atomic E-state index is 13.9. The van der Waals surface area contributed by atoms with Crippen LogP contribution in [-0.2, 0) is 0 Å². The Bertz CT molecular complexity index is 669. The van der Waals surface area contributed by atoms with Gasteiger partial charge in [0.15, 0.2) is 0 Å². The van der Waals surface area contributed by atoms with Crippen LogP contribution < -0.4 is 5.32 Å². The van der Waals surface area contributed by atoms with Gasteiger partial charge in [0.2, 0.25) is 0 Å². The van der Waals surface area contributed by atoms with Crippen LogP contribution in [0, 0.1) is 11.6 Å². The van der Waals surface area contributed by atoms with Crippen LogP contribution in [0.3, 0.4) is 0 Å². The Morgan fingerprint density at radius 1 is 1.43 bits per heavy atom. The summed E-state index contributed by atoms with van der Waals surface area (Å²) in [6, 6.07) is 3.14. The zero-order valence-corrected chi connectivity index (χ0v) is 13.5. The number of aromatic amines is 1. The quantitative estimate of drug-likeness (QED) is 0.753. The van der Waals surface area contributed by atoms with Crippen molar-refractivity contribution in [2.75, 3.05) is 12.9 Å². The van der Waals surface area contributed by atoms with Crippen molar-refractivity contribution in [3.05, 3.63) is 41.6 Å². The number of hydrogen-bond donors (Lipinski definition) is 3. The summed E-state index contributed by atoms with van der Waals surface area (Å²) in [5, 5.41) is 18.0. The molecule has 1 amide bonds. The van der Waals surface area contributed by atoms with E-state index in [1.807, 2.05) is 6.26 Å². The number of carbonyl (C=O) groups excluding carboxylic acids is 1. The second-order valence-corrected chi connectivity index (χ2v) is 6.05. The second-order valence-electron chi connectivity index (χ2n) is 4.97. The van der Waals surface area contributed by atoms with E-state index in [1.54, 1.807) is 6.92 Å². The SMILES string of the molecule is CSC(CO)C(C)NC(=O)c1cn[nH]c1-c1c(F)cccc1F. The Labute approximate surface area is 136 Å². The number of nitrogens with one attached hydrogen (secondary N) is 2. The van der Waals surface area contributed by atoms with Crippen molar-refractivity contribution in [1.29, 1.82) is 0 Å². The minimum absolute atomic E-state index is 0.0185. The minimum Gasteiger partial charge on any atom is -0.395 e. The lowest BCUT2D eigenvalue weighted by molar-refractivity contribution is 0.0936. The number of amides is 1. The van der Waals surface area contributed by atoms with Crippen molar-refractivity contribution in [1.82, 2.24) is 15.5 Å². The van der Waals surface area contributed by atoms with Crippen molar-refractivity contribution < 1.29 is 18.7 Å². The number of nitrogens with zero attached hydrogens (tertiary/aromatic N) is 1. The van der Waals surface area contributed by atoms with Gasteiger partial charge >= 0.3 is 0 Å². The van der Waals surface area contributed by atoms with Gasteiger partial charge in [0.25, 0.3) is 5.91 Å². The number of aromatic nitrogens is 2. The largest absolute Gasteiger partial charge is 0.395 e. The number of rotatable bonds is 6. The summed E-state index contributed by atoms with van der Waals surface area (Å²) in [6.45, 7) is 1.65. The van der Waals surface area contributed by atoms with Crippen LogP contribution in [0.5, 0.6) is 0 Å². The molecule has 0 bridgehead atoms. The third-order valence-corrected chi connectivity index (χ3v) is 4.66. The minimum atomic E-state index is -0.784. The monoisotopic (exact) mass is 341 g/mol. The van der Waals surface area contributed by atoms with E-state index >= 15 is 0 Å². The molecule has 23 heavy (non-hydrogen) atoms. The number of carbonyl (C=O) groups is 1. The molecule has 1 aromatic carbocycles. The first-order valence-corrected chi connectivity index (χ1v) is 8.20. The Morgan fingerprint density at radius 2 is 2.09 bits per heavy atom. The highest BCUT2D eigenvalue weighted by atomic mass is 32.2. The molecule has 1 heterocycles. The molecule has 3 N–H and O–H groups in total. The van der Waals surface area contributed by atoms with Gasteiger partial charge in [-0.1, -0.05) is 6.07 Å². The van der Waals surface area contributed by atoms with E-state index in [2.05, 4.69) is 15.5 Å². The molecule has 8 heteroatoms. The van der Waals surface area contributed by atoms with Crippen LogP contribution >= 0.6 is 11.8 Å². The molecule has 124 valence electrons. The molecule has 2 aromatic rings. The van der Waals surface area contributed by atoms with Crippen molar-refractivity contribution in [3.63, 3.8) is 0 Å². The maximum Gasteiger partial charge on any atom is 0.255 e. The number of aliphatic hydroxyl groups is 1. The molecule has 0 radical (unpaired) electrons. The number of aliphatic hydroxyl groups excluding tert-OH is 1. The van der Waals surface area contributed by atoms with Crippen LogP contribution in [0.4, 0.5) is 8.78 Å². The van der Waals surface area contributed by atoms with E-state index in [0.29, 0.717) is 0 Å². The molecule has 2 unspecified atom stereocenters. The smallest absolute Gasteiger partial charge is 0.255 e. The van der Waals surface area contributed by atoms with Gasteiger partial charge in [-0.2, -0.15) is 16.9 Å². The van der Waals surface area contributed by atoms with E-state index < -0.39 is 17.5 Å². The molecule has 2 rings (SSSR count). The fourth-order valence-electron chi connectivity index (χ4n) is 2.20. The third-order valence-electron chi connectivity index (χ3n) is 3.50. The van der Waals surface area contributed by atoms with Crippen LogP contribution in [-0.4, -0.2) is 45.4 Å². The molecule has 0 aliphatic rings. The summed E-state index contributed by atoms with van der Waals surface area (Å²) in [7, 11) is 0. The predicted molar refractivity (Wildman–Crippen MR) is 85.3 cm³/mol. The number of benzene rings is 1. The Morgan fingerprint density at radius 3 is 2.65 bits per heavy atom. The van der Waals surface area contributed by atoms with Crippen LogP contribution in [0.25, 0.3) is 11.3 Å². The molecule has 5 nitrogen and oxygen atoms in total. The van der Waals surface area contributed by atoms with Gasteiger partial charge in [0, 0.05) is 11.3 Å². The first-order valence-electron chi connectivity index (χ1n) is 6.91. The molecule has 0 saturated carbocycles. The summed E-state index contributed by atoms with van der Waals surface area (Å²) < 4.78 is 27.8. The van der Waals surface area contributed by atoms with Gasteiger partial charge in [-0.25, -0.2) is 8.78 Å². The van der Waals surface area contributed by atoms with Crippen molar-refractivity contribution in [2.45, 2.75) is 18.2 Å². The summed E-state index contributed by atoms with van der Waals surface area (Å²) in [4.78, 5) is 12.4. The lowest BCUT2D eigenvalue weighted by Crippen LogP contribution is -2.41. The summed E-state index contributed by atoms with van der Waals surface area (Å²) >= 11 is 1.41. The summed E-state index contributed by atoms with van der Waals surface area (Å²) in [5.74, 6) is -2.08. The molecule has 0 aliphatic carbocycles. The number of halogens is 2. The Hall–Kier alpha value is -1.93. The van der Waals surface area contributed by atoms with E-state index in [1.165, 1.54) is 24.0 Å². The van der Waals surface area contributed by atoms with E-state index in [0.717, 1.165) is 12.1 Å². The zero-order valence-electron chi connectivity index (χ0n) is 12.6. The second kappa shape index (κ2) is 7.56. The van der Waals surface area contributed by atoms with Crippen LogP contribution in [0.2, 0.25) is 0 Å². The Balaban J connectivity index is 2.29. The average Bonchev–Trinajstić information content (AvgIpc) is 2.97. The summed E-state index contributed by atoms with van der Waals surface area (Å²) in [5.41, 5.74) is -0.306. The maximum absolute atomic E-state index is 13.9. The fraction of sp³-hybridized carbons (Fsp3) is 0.333. The topological polar surface area (TPSA) is 78.0 Å². The molecular formula is C15H17F2N3O2S. The molecule has 1 aromatic heterocycles. The van der Waals surface area contributed by atoms with E-state index in [9.17, 15) is 18.7 Å². The fourth-order valence-corrected chi connectivity index (χ4v) is 2.83. The molecule has 0 aliphatic heterocycles. The van der Waals surface area contributed by atoms with Gasteiger partial charge in [-0.3, -0.25) is 9.89 Å². The number of H-pyrrole nitrogens is 1. The highest BCUT2D eigenvalue weighted by Crippen LogP contribution is 2.27. The normalized spacial score (nSPS) is 13.6. The van der Waals surface area contributed by atoms with Gasteiger partial charge in [-0.05, 0) is 25.3 Å². The highest BCUT2D eigenvalue weighted by Gasteiger charge is 2.24. The van der Waals surface area contributed by atoms with Crippen LogP contribution in [0.15, 0.2) is 24.4 Å². The Kier molecular flexibility index (Phi) is 5.73. The molecule has 2 atom stereocenters. The van der Waals surface area contributed by atoms with Crippen molar-refractivity contribution in [2.24, 2.45) is 0 Å². The van der Waals surface area contributed by atoms with Crippen molar-refractivity contribution >= 4 is 17.7 Å². The number of hydrogen-bond acceptors (Lipinski definition) is 4. The zero-order chi connectivity index (χ0) is 17.0. The van der Waals surface area contributed by atoms with Gasteiger partial charge in [-0.15, -0.1) is 0 Å². The number of thioether (sulfide) groups is 1. The molecular weight excluding hydrogens is 324 g/mol. The molecule has 0 saturated heterocycles. The third kappa shape index (κ3) is 3.70.